The highest BCUT2D eigenvalue weighted by Crippen LogP contribution is 1.78. The lowest BCUT2D eigenvalue weighted by molar-refractivity contribution is 0.963. The fourth-order valence-electron chi connectivity index (χ4n) is 0.204. The summed E-state index contributed by atoms with van der Waals surface area (Å²) in [6, 6.07) is 0.116. The van der Waals surface area contributed by atoms with Crippen molar-refractivity contribution >= 4 is 5.71 Å². The maximum atomic E-state index is 5.42. The predicted octanol–water partition coefficient (Wildman–Crippen LogP) is 0.424. The Balaban J connectivity index is 3.56. The number of rotatable bonds is 1. The van der Waals surface area contributed by atoms with Gasteiger partial charge in [0.2, 0.25) is 0 Å². The zero-order valence-electron chi connectivity index (χ0n) is 5.10. The summed E-state index contributed by atoms with van der Waals surface area (Å²) in [6.45, 7) is 3.84. The van der Waals surface area contributed by atoms with E-state index < -0.39 is 0 Å². The highest BCUT2D eigenvalue weighted by Gasteiger charge is 1.92. The molecule has 1 unspecified atom stereocenters. The van der Waals surface area contributed by atoms with Gasteiger partial charge in [-0.15, -0.1) is 0 Å². The summed E-state index contributed by atoms with van der Waals surface area (Å²) in [4.78, 5) is 3.88. The van der Waals surface area contributed by atoms with E-state index in [1.165, 1.54) is 0 Å². The molecule has 0 spiro atoms. The molecule has 0 aromatic rings. The van der Waals surface area contributed by atoms with Crippen molar-refractivity contribution in [3.8, 4) is 0 Å². The van der Waals surface area contributed by atoms with Crippen LogP contribution in [0.5, 0.6) is 0 Å². The second kappa shape index (κ2) is 2.75. The quantitative estimate of drug-likeness (QED) is 0.476. The third kappa shape index (κ3) is 2.34. The Kier molecular flexibility index (Phi) is 2.60. The van der Waals surface area contributed by atoms with E-state index in [0.29, 0.717) is 0 Å². The van der Waals surface area contributed by atoms with Gasteiger partial charge in [-0.3, -0.25) is 4.99 Å². The van der Waals surface area contributed by atoms with Crippen LogP contribution in [0.3, 0.4) is 0 Å². The van der Waals surface area contributed by atoms with Crippen LogP contribution in [-0.4, -0.2) is 18.8 Å². The molecule has 0 fully saturated rings. The molecule has 2 nitrogen and oxygen atoms in total. The number of hydrogen-bond donors (Lipinski definition) is 1. The van der Waals surface area contributed by atoms with Crippen LogP contribution in [0, 0.1) is 0 Å². The van der Waals surface area contributed by atoms with E-state index in [9.17, 15) is 0 Å². The maximum absolute atomic E-state index is 5.42. The van der Waals surface area contributed by atoms with Gasteiger partial charge in [0.25, 0.3) is 0 Å². The predicted molar refractivity (Wildman–Crippen MR) is 32.7 cm³/mol. The summed E-state index contributed by atoms with van der Waals surface area (Å²) in [6.07, 6.45) is 0. The van der Waals surface area contributed by atoms with Crippen molar-refractivity contribution in [3.63, 3.8) is 0 Å². The lowest BCUT2D eigenvalue weighted by Crippen LogP contribution is -2.23. The highest BCUT2D eigenvalue weighted by atomic mass is 14.7. The van der Waals surface area contributed by atoms with Crippen LogP contribution in [0.15, 0.2) is 4.99 Å². The van der Waals surface area contributed by atoms with Gasteiger partial charge in [0, 0.05) is 18.8 Å². The first-order valence-electron chi connectivity index (χ1n) is 2.37. The average Bonchev–Trinajstić information content (AvgIpc) is 1.65. The highest BCUT2D eigenvalue weighted by molar-refractivity contribution is 5.86. The molecule has 0 aliphatic carbocycles. The van der Waals surface area contributed by atoms with E-state index in [4.69, 9.17) is 5.73 Å². The van der Waals surface area contributed by atoms with Gasteiger partial charge >= 0.3 is 0 Å². The summed E-state index contributed by atoms with van der Waals surface area (Å²) < 4.78 is 0. The molecule has 2 N–H and O–H groups in total. The van der Waals surface area contributed by atoms with Gasteiger partial charge in [-0.25, -0.2) is 0 Å². The molecule has 2 heteroatoms. The standard InChI is InChI=1S/C5H12N2/c1-4(6)5(2)7-3/h4H,6H2,1-3H3. The van der Waals surface area contributed by atoms with Crippen LogP contribution >= 0.6 is 0 Å². The Morgan fingerprint density at radius 3 is 2.14 bits per heavy atom. The van der Waals surface area contributed by atoms with Crippen molar-refractivity contribution in [2.24, 2.45) is 10.7 Å². The number of hydrogen-bond acceptors (Lipinski definition) is 2. The molecule has 0 rings (SSSR count). The molecular formula is C5H12N2. The number of nitrogens with two attached hydrogens (primary N) is 1. The van der Waals surface area contributed by atoms with E-state index in [2.05, 4.69) is 4.99 Å². The largest absolute Gasteiger partial charge is 0.323 e. The topological polar surface area (TPSA) is 38.4 Å². The van der Waals surface area contributed by atoms with Gasteiger partial charge in [-0.1, -0.05) is 0 Å². The third-order valence-corrected chi connectivity index (χ3v) is 1.01. The first-order valence-corrected chi connectivity index (χ1v) is 2.37. The van der Waals surface area contributed by atoms with E-state index >= 15 is 0 Å². The number of nitrogens with zero attached hydrogens (tertiary/aromatic N) is 1. The van der Waals surface area contributed by atoms with Gasteiger partial charge < -0.3 is 5.73 Å². The second-order valence-electron chi connectivity index (χ2n) is 1.65. The van der Waals surface area contributed by atoms with Crippen LogP contribution in [0.2, 0.25) is 0 Å². The summed E-state index contributed by atoms with van der Waals surface area (Å²) in [5, 5.41) is 0. The first kappa shape index (κ1) is 6.63. The van der Waals surface area contributed by atoms with Gasteiger partial charge in [0.1, 0.15) is 0 Å². The summed E-state index contributed by atoms with van der Waals surface area (Å²) in [7, 11) is 1.75. The smallest absolute Gasteiger partial charge is 0.0394 e. The van der Waals surface area contributed by atoms with Gasteiger partial charge in [0.05, 0.1) is 0 Å². The average molecular weight is 100 g/mol. The van der Waals surface area contributed by atoms with Crippen molar-refractivity contribution in [3.05, 3.63) is 0 Å². The third-order valence-electron chi connectivity index (χ3n) is 1.01. The molecule has 1 atom stereocenters. The number of aliphatic imine (C=N–C) groups is 1. The Labute approximate surface area is 44.4 Å². The molecule has 0 aromatic carbocycles. The van der Waals surface area contributed by atoms with Crippen LogP contribution in [0.4, 0.5) is 0 Å². The molecular weight excluding hydrogens is 88.1 g/mol. The van der Waals surface area contributed by atoms with Crippen molar-refractivity contribution in [1.29, 1.82) is 0 Å². The molecule has 42 valence electrons. The molecule has 0 heterocycles. The monoisotopic (exact) mass is 100 g/mol. The van der Waals surface area contributed by atoms with Gasteiger partial charge in [0.15, 0.2) is 0 Å². The van der Waals surface area contributed by atoms with Crippen LogP contribution in [0.25, 0.3) is 0 Å². The zero-order chi connectivity index (χ0) is 5.86. The lowest BCUT2D eigenvalue weighted by atomic mass is 10.2. The molecule has 0 saturated carbocycles. The molecule has 0 saturated heterocycles. The normalized spacial score (nSPS) is 16.9. The van der Waals surface area contributed by atoms with Crippen molar-refractivity contribution < 1.29 is 0 Å². The molecule has 0 bridgehead atoms. The Bertz CT molecular complexity index is 74.1. The minimum atomic E-state index is 0.116. The molecule has 7 heavy (non-hydrogen) atoms. The summed E-state index contributed by atoms with van der Waals surface area (Å²) in [5.74, 6) is 0. The van der Waals surface area contributed by atoms with Gasteiger partial charge in [-0.2, -0.15) is 0 Å². The van der Waals surface area contributed by atoms with E-state index in [-0.39, 0.29) is 6.04 Å². The van der Waals surface area contributed by atoms with Crippen molar-refractivity contribution in [2.75, 3.05) is 7.05 Å². The molecule has 0 aliphatic rings. The minimum absolute atomic E-state index is 0.116. The SMILES string of the molecule is CN=C(C)C(C)N. The fourth-order valence-corrected chi connectivity index (χ4v) is 0.204. The minimum Gasteiger partial charge on any atom is -0.323 e. The lowest BCUT2D eigenvalue weighted by Gasteiger charge is -1.99. The Morgan fingerprint density at radius 2 is 2.14 bits per heavy atom. The second-order valence-corrected chi connectivity index (χ2v) is 1.65. The van der Waals surface area contributed by atoms with E-state index in [1.807, 2.05) is 13.8 Å². The maximum Gasteiger partial charge on any atom is 0.0394 e. The Hall–Kier alpha value is -0.370. The molecule has 0 amide bonds. The zero-order valence-corrected chi connectivity index (χ0v) is 5.10. The molecule has 0 aromatic heterocycles. The van der Waals surface area contributed by atoms with E-state index in [1.54, 1.807) is 7.05 Å². The fraction of sp³-hybridized carbons (Fsp3) is 0.800. The summed E-state index contributed by atoms with van der Waals surface area (Å²) >= 11 is 0. The van der Waals surface area contributed by atoms with Crippen LogP contribution in [0.1, 0.15) is 13.8 Å². The van der Waals surface area contributed by atoms with Crippen molar-refractivity contribution in [1.82, 2.24) is 0 Å². The van der Waals surface area contributed by atoms with Crippen LogP contribution < -0.4 is 5.73 Å². The van der Waals surface area contributed by atoms with Crippen molar-refractivity contribution in [2.45, 2.75) is 19.9 Å². The van der Waals surface area contributed by atoms with Gasteiger partial charge in [-0.05, 0) is 13.8 Å². The van der Waals surface area contributed by atoms with E-state index in [0.717, 1.165) is 5.71 Å². The summed E-state index contributed by atoms with van der Waals surface area (Å²) in [5.41, 5.74) is 6.42. The molecule has 0 radical (unpaired) electrons. The first-order chi connectivity index (χ1) is 3.18. The molecule has 0 aliphatic heterocycles. The Morgan fingerprint density at radius 1 is 1.71 bits per heavy atom. The van der Waals surface area contributed by atoms with Crippen LogP contribution in [-0.2, 0) is 0 Å².